The number of rotatable bonds is 2. The molecule has 1 aromatic rings. The van der Waals surface area contributed by atoms with E-state index in [1.54, 1.807) is 6.92 Å². The summed E-state index contributed by atoms with van der Waals surface area (Å²) in [6.45, 7) is 6.07. The van der Waals surface area contributed by atoms with Gasteiger partial charge in [-0.25, -0.2) is 4.39 Å². The van der Waals surface area contributed by atoms with Crippen molar-refractivity contribution < 1.29 is 9.18 Å². The number of nitrogens with zero attached hydrogens (tertiary/aromatic N) is 2. The third kappa shape index (κ3) is 2.85. The highest BCUT2D eigenvalue weighted by Gasteiger charge is 2.31. The van der Waals surface area contributed by atoms with Crippen molar-refractivity contribution in [2.24, 2.45) is 0 Å². The molecule has 1 aromatic carbocycles. The topological polar surface area (TPSA) is 23.6 Å². The first-order valence-electron chi connectivity index (χ1n) is 6.60. The average molecular weight is 264 g/mol. The molecule has 0 amide bonds. The molecule has 3 nitrogen and oxygen atoms in total. The zero-order chi connectivity index (χ0) is 14.2. The number of aryl methyl sites for hydroxylation is 2. The summed E-state index contributed by atoms with van der Waals surface area (Å²) >= 11 is 0. The maximum Gasteiger partial charge on any atom is 0.184 e. The molecule has 0 aliphatic carbocycles. The zero-order valence-corrected chi connectivity index (χ0v) is 12.0. The third-order valence-electron chi connectivity index (χ3n) is 3.83. The largest absolute Gasteiger partial charge is 0.303 e. The van der Waals surface area contributed by atoms with Gasteiger partial charge < -0.3 is 4.90 Å². The summed E-state index contributed by atoms with van der Waals surface area (Å²) in [7, 11) is 3.92. The van der Waals surface area contributed by atoms with Crippen molar-refractivity contribution in [2.75, 3.05) is 33.7 Å². The summed E-state index contributed by atoms with van der Waals surface area (Å²) in [5.41, 5.74) is 1.82. The van der Waals surface area contributed by atoms with Crippen molar-refractivity contribution in [2.45, 2.75) is 19.9 Å². The molecule has 2 rings (SSSR count). The van der Waals surface area contributed by atoms with Gasteiger partial charge in [-0.05, 0) is 45.1 Å². The van der Waals surface area contributed by atoms with E-state index in [2.05, 4.69) is 4.90 Å². The molecule has 0 N–H and O–H groups in total. The van der Waals surface area contributed by atoms with Crippen LogP contribution in [-0.2, 0) is 0 Å². The number of likely N-dealkylation sites (N-methyl/N-ethyl adjacent to an activating group) is 2. The molecule has 19 heavy (non-hydrogen) atoms. The smallest absolute Gasteiger partial charge is 0.184 e. The maximum atomic E-state index is 14.1. The highest BCUT2D eigenvalue weighted by atomic mass is 19.1. The Bertz CT molecular complexity index is 478. The van der Waals surface area contributed by atoms with Gasteiger partial charge in [0, 0.05) is 19.6 Å². The summed E-state index contributed by atoms with van der Waals surface area (Å²) < 4.78 is 14.1. The summed E-state index contributed by atoms with van der Waals surface area (Å²) in [5, 5.41) is 0. The number of carbonyl (C=O) groups is 1. The van der Waals surface area contributed by atoms with Gasteiger partial charge in [0.2, 0.25) is 0 Å². The van der Waals surface area contributed by atoms with E-state index in [0.29, 0.717) is 6.54 Å². The number of Topliss-reactive ketones (excluding diaryl/α,β-unsaturated/α-hetero) is 1. The highest BCUT2D eigenvalue weighted by molar-refractivity contribution is 6.01. The molecule has 1 unspecified atom stereocenters. The quantitative estimate of drug-likeness (QED) is 0.762. The van der Waals surface area contributed by atoms with Crippen molar-refractivity contribution in [3.63, 3.8) is 0 Å². The Morgan fingerprint density at radius 3 is 2.58 bits per heavy atom. The molecule has 4 heteroatoms. The number of hydrogen-bond donors (Lipinski definition) is 0. The number of ketones is 1. The summed E-state index contributed by atoms with van der Waals surface area (Å²) in [6.07, 6.45) is 0. The summed E-state index contributed by atoms with van der Waals surface area (Å²) in [4.78, 5) is 16.7. The molecule has 1 aliphatic heterocycles. The molecule has 1 saturated heterocycles. The van der Waals surface area contributed by atoms with Gasteiger partial charge in [-0.3, -0.25) is 9.69 Å². The molecule has 104 valence electrons. The molecule has 0 spiro atoms. The van der Waals surface area contributed by atoms with Crippen LogP contribution in [0.5, 0.6) is 0 Å². The van der Waals surface area contributed by atoms with Gasteiger partial charge in [0.1, 0.15) is 5.82 Å². The van der Waals surface area contributed by atoms with Crippen LogP contribution in [0.3, 0.4) is 0 Å². The van der Waals surface area contributed by atoms with Crippen LogP contribution in [0.4, 0.5) is 4.39 Å². The van der Waals surface area contributed by atoms with E-state index in [-0.39, 0.29) is 17.4 Å². The number of hydrogen-bond acceptors (Lipinski definition) is 3. The Balaban J connectivity index is 2.33. The second-order valence-electron chi connectivity index (χ2n) is 5.56. The lowest BCUT2D eigenvalue weighted by Crippen LogP contribution is -2.53. The van der Waals surface area contributed by atoms with Crippen LogP contribution < -0.4 is 0 Å². The lowest BCUT2D eigenvalue weighted by atomic mass is 9.95. The van der Waals surface area contributed by atoms with Gasteiger partial charge in [-0.1, -0.05) is 6.07 Å². The van der Waals surface area contributed by atoms with Gasteiger partial charge in [0.15, 0.2) is 5.78 Å². The molecule has 1 aliphatic rings. The number of benzene rings is 1. The van der Waals surface area contributed by atoms with Crippen LogP contribution in [0, 0.1) is 19.7 Å². The summed E-state index contributed by atoms with van der Waals surface area (Å²) in [5.74, 6) is -0.506. The monoisotopic (exact) mass is 264 g/mol. The van der Waals surface area contributed by atoms with E-state index in [1.807, 2.05) is 32.0 Å². The summed E-state index contributed by atoms with van der Waals surface area (Å²) in [6, 6.07) is 3.05. The Kier molecular flexibility index (Phi) is 4.02. The number of halogens is 1. The third-order valence-corrected chi connectivity index (χ3v) is 3.83. The standard InChI is InChI=1S/C15H21FN2O/c1-10-7-11(2)14(12(16)8-10)15(19)13-9-17(3)5-6-18(13)4/h7-8,13H,5-6,9H2,1-4H3. The van der Waals surface area contributed by atoms with E-state index in [4.69, 9.17) is 0 Å². The molecular formula is C15H21FN2O. The zero-order valence-electron chi connectivity index (χ0n) is 12.0. The Hall–Kier alpha value is -1.26. The first kappa shape index (κ1) is 14.2. The van der Waals surface area contributed by atoms with Gasteiger partial charge in [0.25, 0.3) is 0 Å². The second kappa shape index (κ2) is 5.39. The minimum Gasteiger partial charge on any atom is -0.303 e. The molecular weight excluding hydrogens is 243 g/mol. The van der Waals surface area contributed by atoms with E-state index in [1.165, 1.54) is 6.07 Å². The first-order valence-corrected chi connectivity index (χ1v) is 6.60. The Labute approximate surface area is 114 Å². The lowest BCUT2D eigenvalue weighted by Gasteiger charge is -2.36. The predicted molar refractivity (Wildman–Crippen MR) is 74.1 cm³/mol. The Morgan fingerprint density at radius 1 is 1.26 bits per heavy atom. The minimum absolute atomic E-state index is 0.107. The first-order chi connectivity index (χ1) is 8.90. The highest BCUT2D eigenvalue weighted by Crippen LogP contribution is 2.20. The fourth-order valence-electron chi connectivity index (χ4n) is 2.69. The van der Waals surface area contributed by atoms with Gasteiger partial charge >= 0.3 is 0 Å². The molecule has 0 aromatic heterocycles. The van der Waals surface area contributed by atoms with E-state index in [0.717, 1.165) is 24.2 Å². The van der Waals surface area contributed by atoms with Crippen molar-refractivity contribution in [3.8, 4) is 0 Å². The van der Waals surface area contributed by atoms with E-state index >= 15 is 0 Å². The van der Waals surface area contributed by atoms with Crippen LogP contribution in [0.1, 0.15) is 21.5 Å². The van der Waals surface area contributed by atoms with E-state index in [9.17, 15) is 9.18 Å². The fourth-order valence-corrected chi connectivity index (χ4v) is 2.69. The van der Waals surface area contributed by atoms with Crippen molar-refractivity contribution in [1.29, 1.82) is 0 Å². The van der Waals surface area contributed by atoms with Crippen LogP contribution in [0.2, 0.25) is 0 Å². The SMILES string of the molecule is Cc1cc(C)c(C(=O)C2CN(C)CCN2C)c(F)c1. The van der Waals surface area contributed by atoms with Gasteiger partial charge in [0.05, 0.1) is 11.6 Å². The predicted octanol–water partition coefficient (Wildman–Crippen LogP) is 1.87. The van der Waals surface area contributed by atoms with Crippen molar-refractivity contribution >= 4 is 5.78 Å². The molecule has 0 radical (unpaired) electrons. The van der Waals surface area contributed by atoms with Crippen LogP contribution in [-0.4, -0.2) is 55.4 Å². The van der Waals surface area contributed by atoms with Crippen molar-refractivity contribution in [1.82, 2.24) is 9.80 Å². The molecule has 1 atom stereocenters. The van der Waals surface area contributed by atoms with Crippen LogP contribution >= 0.6 is 0 Å². The molecule has 0 bridgehead atoms. The molecule has 0 saturated carbocycles. The molecule has 1 fully saturated rings. The number of carbonyl (C=O) groups excluding carboxylic acids is 1. The van der Waals surface area contributed by atoms with Gasteiger partial charge in [-0.2, -0.15) is 0 Å². The maximum absolute atomic E-state index is 14.1. The van der Waals surface area contributed by atoms with Crippen LogP contribution in [0.25, 0.3) is 0 Å². The minimum atomic E-state index is -0.399. The average Bonchev–Trinajstić information content (AvgIpc) is 2.30. The molecule has 1 heterocycles. The van der Waals surface area contributed by atoms with Crippen molar-refractivity contribution in [3.05, 3.63) is 34.6 Å². The van der Waals surface area contributed by atoms with Crippen LogP contribution in [0.15, 0.2) is 12.1 Å². The van der Waals surface area contributed by atoms with E-state index < -0.39 is 5.82 Å². The van der Waals surface area contributed by atoms with Gasteiger partial charge in [-0.15, -0.1) is 0 Å². The second-order valence-corrected chi connectivity index (χ2v) is 5.56. The lowest BCUT2D eigenvalue weighted by molar-refractivity contribution is 0.0681. The normalized spacial score (nSPS) is 21.6. The number of piperazine rings is 1. The fraction of sp³-hybridized carbons (Fsp3) is 0.533. The Morgan fingerprint density at radius 2 is 1.95 bits per heavy atom.